The van der Waals surface area contributed by atoms with Crippen LogP contribution in [0.2, 0.25) is 0 Å². The average molecular weight is 648 g/mol. The van der Waals surface area contributed by atoms with Gasteiger partial charge < -0.3 is 0 Å². The van der Waals surface area contributed by atoms with Crippen molar-refractivity contribution in [1.29, 1.82) is 0 Å². The minimum absolute atomic E-state index is 0.289. The Labute approximate surface area is 279 Å². The molecule has 1 saturated carbocycles. The van der Waals surface area contributed by atoms with Gasteiger partial charge >= 0.3 is 0 Å². The first-order chi connectivity index (χ1) is 22.9. The summed E-state index contributed by atoms with van der Waals surface area (Å²) in [5, 5.41) is 8.76. The smallest absolute Gasteiger partial charge is 0.240 e. The van der Waals surface area contributed by atoms with Crippen molar-refractivity contribution in [3.63, 3.8) is 0 Å². The van der Waals surface area contributed by atoms with Crippen LogP contribution in [0.25, 0.3) is 28.9 Å². The third-order valence-corrected chi connectivity index (χ3v) is 10.9. The standard InChI is InChI=1S/C39H45N5O2S/c1-3-4-26-41-47(45,46)36-15-9-14-35(27-36)44-39-29(2)37(40-28-38(39)42-43-44)25-21-32-19-23-34(24-20-32)33-13-8-12-31(18-22-33)17-16-30-10-6-5-7-11-30/h5-7,10-11,15,17,19-21,23-25,27-28,33,41H,3-4,8-9,12-14,16,18,22,26H2,1-2H3/b25-21+,31-17?. The molecule has 2 heterocycles. The number of aryl methyl sites for hydroxylation is 1. The molecule has 2 aromatic heterocycles. The van der Waals surface area contributed by atoms with Gasteiger partial charge in [0.15, 0.2) is 0 Å². The SMILES string of the molecule is CCCCNS(=O)(=O)C1=CCCC(n2nnc3cnc(/C=C/c4ccc(C5CCCC(=CCc6ccccc6)CC5)cc4)c(C)c32)=C1. The van der Waals surface area contributed by atoms with Crippen LogP contribution < -0.4 is 4.72 Å². The van der Waals surface area contributed by atoms with Gasteiger partial charge in [-0.25, -0.2) is 17.8 Å². The molecule has 1 unspecified atom stereocenters. The third kappa shape index (κ3) is 8.06. The predicted molar refractivity (Wildman–Crippen MR) is 193 cm³/mol. The minimum Gasteiger partial charge on any atom is -0.254 e. The maximum atomic E-state index is 12.9. The summed E-state index contributed by atoms with van der Waals surface area (Å²) in [5.41, 5.74) is 9.68. The molecule has 0 radical (unpaired) electrons. The van der Waals surface area contributed by atoms with Gasteiger partial charge in [-0.2, -0.15) is 0 Å². The molecule has 244 valence electrons. The van der Waals surface area contributed by atoms with Gasteiger partial charge in [0, 0.05) is 17.8 Å². The first-order valence-electron chi connectivity index (χ1n) is 17.0. The summed E-state index contributed by atoms with van der Waals surface area (Å²) in [6.07, 6.45) is 22.0. The zero-order chi connectivity index (χ0) is 32.6. The van der Waals surface area contributed by atoms with Crippen molar-refractivity contribution in [2.45, 2.75) is 84.0 Å². The minimum atomic E-state index is -3.57. The van der Waals surface area contributed by atoms with Crippen molar-refractivity contribution in [1.82, 2.24) is 24.7 Å². The summed E-state index contributed by atoms with van der Waals surface area (Å²) < 4.78 is 30.3. The number of fused-ring (bicyclic) bond motifs is 1. The van der Waals surface area contributed by atoms with E-state index in [4.69, 9.17) is 0 Å². The molecule has 1 atom stereocenters. The Hall–Kier alpha value is -4.14. The van der Waals surface area contributed by atoms with Gasteiger partial charge in [-0.1, -0.05) is 97.0 Å². The highest BCUT2D eigenvalue weighted by atomic mass is 32.2. The molecule has 7 nitrogen and oxygen atoms in total. The molecule has 47 heavy (non-hydrogen) atoms. The van der Waals surface area contributed by atoms with E-state index in [-0.39, 0.29) is 4.91 Å². The Morgan fingerprint density at radius 1 is 1.00 bits per heavy atom. The Morgan fingerprint density at radius 2 is 1.83 bits per heavy atom. The Bertz CT molecular complexity index is 1920. The lowest BCUT2D eigenvalue weighted by atomic mass is 9.91. The molecule has 0 aliphatic heterocycles. The summed E-state index contributed by atoms with van der Waals surface area (Å²) in [6.45, 7) is 4.50. The molecule has 0 bridgehead atoms. The number of nitrogens with one attached hydrogen (secondary N) is 1. The van der Waals surface area contributed by atoms with Gasteiger partial charge in [0.05, 0.1) is 16.8 Å². The number of benzene rings is 2. The fourth-order valence-corrected chi connectivity index (χ4v) is 7.81. The average Bonchev–Trinajstić information content (AvgIpc) is 3.40. The summed E-state index contributed by atoms with van der Waals surface area (Å²) in [4.78, 5) is 4.96. The molecule has 8 heteroatoms. The molecule has 0 spiro atoms. The van der Waals surface area contributed by atoms with E-state index in [1.807, 2.05) is 19.9 Å². The van der Waals surface area contributed by atoms with Crippen molar-refractivity contribution >= 4 is 38.9 Å². The highest BCUT2D eigenvalue weighted by Crippen LogP contribution is 2.34. The normalized spacial score (nSPS) is 18.4. The lowest BCUT2D eigenvalue weighted by molar-refractivity contribution is 0.585. The van der Waals surface area contributed by atoms with Crippen LogP contribution in [0.4, 0.5) is 0 Å². The van der Waals surface area contributed by atoms with Gasteiger partial charge in [-0.15, -0.1) is 5.10 Å². The van der Waals surface area contributed by atoms with Crippen LogP contribution >= 0.6 is 0 Å². The molecule has 2 aliphatic rings. The molecule has 0 saturated heterocycles. The largest absolute Gasteiger partial charge is 0.254 e. The van der Waals surface area contributed by atoms with E-state index in [0.29, 0.717) is 30.8 Å². The van der Waals surface area contributed by atoms with Gasteiger partial charge in [0.25, 0.3) is 0 Å². The van der Waals surface area contributed by atoms with Crippen LogP contribution in [0.3, 0.4) is 0 Å². The van der Waals surface area contributed by atoms with Gasteiger partial charge in [-0.3, -0.25) is 4.98 Å². The van der Waals surface area contributed by atoms with Crippen LogP contribution in [0, 0.1) is 6.92 Å². The number of sulfonamides is 1. The zero-order valence-corrected chi connectivity index (χ0v) is 28.3. The number of allylic oxidation sites excluding steroid dienone is 5. The molecule has 0 amide bonds. The number of hydrogen-bond acceptors (Lipinski definition) is 5. The first-order valence-corrected chi connectivity index (χ1v) is 18.5. The van der Waals surface area contributed by atoms with E-state index in [1.165, 1.54) is 43.2 Å². The van der Waals surface area contributed by atoms with E-state index >= 15 is 0 Å². The van der Waals surface area contributed by atoms with Gasteiger partial charge in [0.2, 0.25) is 10.0 Å². The number of aromatic nitrogens is 4. The number of nitrogens with zero attached hydrogens (tertiary/aromatic N) is 4. The topological polar surface area (TPSA) is 89.8 Å². The van der Waals surface area contributed by atoms with E-state index < -0.39 is 10.0 Å². The number of pyridine rings is 1. The van der Waals surface area contributed by atoms with Crippen molar-refractivity contribution in [3.05, 3.63) is 117 Å². The number of rotatable bonds is 11. The van der Waals surface area contributed by atoms with E-state index in [9.17, 15) is 8.42 Å². The second-order valence-corrected chi connectivity index (χ2v) is 14.5. The molecule has 2 aliphatic carbocycles. The Kier molecular flexibility index (Phi) is 10.6. The maximum absolute atomic E-state index is 12.9. The molecule has 1 fully saturated rings. The summed E-state index contributed by atoms with van der Waals surface area (Å²) in [7, 11) is -3.57. The highest BCUT2D eigenvalue weighted by molar-refractivity contribution is 7.93. The predicted octanol–water partition coefficient (Wildman–Crippen LogP) is 8.76. The summed E-state index contributed by atoms with van der Waals surface area (Å²) in [6, 6.07) is 19.7. The van der Waals surface area contributed by atoms with Crippen molar-refractivity contribution < 1.29 is 8.42 Å². The molecular formula is C39H45N5O2S. The van der Waals surface area contributed by atoms with Crippen molar-refractivity contribution in [2.24, 2.45) is 0 Å². The van der Waals surface area contributed by atoms with Crippen molar-refractivity contribution in [2.75, 3.05) is 6.54 Å². The van der Waals surface area contributed by atoms with E-state index in [2.05, 4.69) is 86.8 Å². The molecule has 2 aromatic carbocycles. The fourth-order valence-electron chi connectivity index (χ4n) is 6.60. The second kappa shape index (κ2) is 15.2. The van der Waals surface area contributed by atoms with E-state index in [0.717, 1.165) is 47.3 Å². The third-order valence-electron chi connectivity index (χ3n) is 9.40. The summed E-state index contributed by atoms with van der Waals surface area (Å²) in [5.74, 6) is 0.598. The lowest BCUT2D eigenvalue weighted by Gasteiger charge is -2.16. The monoisotopic (exact) mass is 647 g/mol. The van der Waals surface area contributed by atoms with E-state index in [1.54, 1.807) is 28.6 Å². The van der Waals surface area contributed by atoms with Crippen LogP contribution in [0.1, 0.15) is 98.6 Å². The maximum Gasteiger partial charge on any atom is 0.240 e. The quantitative estimate of drug-likeness (QED) is 0.0999. The second-order valence-electron chi connectivity index (χ2n) is 12.7. The molecular weight excluding hydrogens is 603 g/mol. The van der Waals surface area contributed by atoms with Gasteiger partial charge in [0.1, 0.15) is 11.0 Å². The highest BCUT2D eigenvalue weighted by Gasteiger charge is 2.22. The number of unbranched alkanes of at least 4 members (excludes halogenated alkanes) is 1. The number of hydrogen-bond donors (Lipinski definition) is 1. The lowest BCUT2D eigenvalue weighted by Crippen LogP contribution is -2.26. The molecule has 4 aromatic rings. The Morgan fingerprint density at radius 3 is 2.64 bits per heavy atom. The van der Waals surface area contributed by atoms with Crippen LogP contribution in [-0.4, -0.2) is 34.9 Å². The van der Waals surface area contributed by atoms with Crippen LogP contribution in [0.15, 0.2) is 89.5 Å². The fraction of sp³-hybridized carbons (Fsp3) is 0.359. The van der Waals surface area contributed by atoms with Gasteiger partial charge in [-0.05, 0) is 99.5 Å². The Balaban J connectivity index is 1.14. The van der Waals surface area contributed by atoms with Crippen LogP contribution in [-0.2, 0) is 16.4 Å². The van der Waals surface area contributed by atoms with Crippen LogP contribution in [0.5, 0.6) is 0 Å². The first kappa shape index (κ1) is 32.8. The van der Waals surface area contributed by atoms with Crippen molar-refractivity contribution in [3.8, 4) is 0 Å². The molecule has 6 rings (SSSR count). The zero-order valence-electron chi connectivity index (χ0n) is 27.5. The summed E-state index contributed by atoms with van der Waals surface area (Å²) >= 11 is 0. The molecule has 1 N–H and O–H groups in total.